The highest BCUT2D eigenvalue weighted by molar-refractivity contribution is 5.86. The van der Waals surface area contributed by atoms with Gasteiger partial charge in [0.25, 0.3) is 0 Å². The number of carboxylic acids is 1. The first-order chi connectivity index (χ1) is 16.5. The zero-order chi connectivity index (χ0) is 24.1. The van der Waals surface area contributed by atoms with Gasteiger partial charge in [-0.1, -0.05) is 67.4 Å². The Bertz CT molecular complexity index is 1040. The fraction of sp³-hybridized carbons (Fsp3) is 0.370. The van der Waals surface area contributed by atoms with E-state index < -0.39 is 36.0 Å². The topological polar surface area (TPSA) is 105 Å². The van der Waals surface area contributed by atoms with Gasteiger partial charge >= 0.3 is 12.1 Å². The second-order valence-electron chi connectivity index (χ2n) is 8.89. The second kappa shape index (κ2) is 10.5. The Balaban J connectivity index is 1.38. The van der Waals surface area contributed by atoms with Gasteiger partial charge in [0.2, 0.25) is 5.91 Å². The third-order valence-corrected chi connectivity index (χ3v) is 6.77. The monoisotopic (exact) mass is 462 g/mol. The predicted molar refractivity (Wildman–Crippen MR) is 128 cm³/mol. The van der Waals surface area contributed by atoms with Crippen LogP contribution in [0.5, 0.6) is 0 Å². The highest BCUT2D eigenvalue weighted by atomic mass is 16.5. The normalized spacial score (nSPS) is 19.9. The molecular weight excluding hydrogens is 432 g/mol. The zero-order valence-corrected chi connectivity index (χ0v) is 19.0. The Labute approximate surface area is 199 Å². The van der Waals surface area contributed by atoms with Crippen LogP contribution in [0, 0.1) is 5.92 Å². The molecule has 2 aliphatic rings. The molecule has 3 N–H and O–H groups in total. The lowest BCUT2D eigenvalue weighted by molar-refractivity contribution is -0.144. The summed E-state index contributed by atoms with van der Waals surface area (Å²) in [6, 6.07) is 14.8. The molecule has 0 spiro atoms. The molecule has 4 rings (SSSR count). The van der Waals surface area contributed by atoms with Gasteiger partial charge in [0.1, 0.15) is 12.6 Å². The standard InChI is InChI=1S/C27H30N2O5/c1-2-9-24(25(30)28-23-15-8-7-14-21(23)26(31)32)29-27(33)34-16-22-19-12-5-3-10-17(19)18-11-4-6-13-20(18)22/h2-6,10-13,21-24H,1,7-9,14-16H2,(H,28,30)(H,29,33)(H,31,32)/t21-,23+,24?/m1/s1. The van der Waals surface area contributed by atoms with E-state index in [9.17, 15) is 19.5 Å². The van der Waals surface area contributed by atoms with E-state index in [-0.39, 0.29) is 18.9 Å². The van der Waals surface area contributed by atoms with Crippen molar-refractivity contribution in [2.75, 3.05) is 6.61 Å². The summed E-state index contributed by atoms with van der Waals surface area (Å²) in [6.07, 6.45) is 3.89. The van der Waals surface area contributed by atoms with E-state index in [4.69, 9.17) is 4.74 Å². The maximum atomic E-state index is 12.9. The van der Waals surface area contributed by atoms with Crippen molar-refractivity contribution in [3.63, 3.8) is 0 Å². The van der Waals surface area contributed by atoms with Gasteiger partial charge in [0.05, 0.1) is 5.92 Å². The Morgan fingerprint density at radius 3 is 2.26 bits per heavy atom. The number of hydrogen-bond donors (Lipinski definition) is 3. The van der Waals surface area contributed by atoms with Crippen molar-refractivity contribution in [2.24, 2.45) is 5.92 Å². The highest BCUT2D eigenvalue weighted by Crippen LogP contribution is 2.44. The van der Waals surface area contributed by atoms with Crippen LogP contribution in [-0.4, -0.2) is 41.8 Å². The number of alkyl carbamates (subject to hydrolysis) is 1. The summed E-state index contributed by atoms with van der Waals surface area (Å²) >= 11 is 0. The lowest BCUT2D eigenvalue weighted by Gasteiger charge is -2.30. The number of benzene rings is 2. The first-order valence-corrected chi connectivity index (χ1v) is 11.7. The molecule has 1 saturated carbocycles. The van der Waals surface area contributed by atoms with Gasteiger partial charge in [-0.3, -0.25) is 9.59 Å². The number of nitrogens with one attached hydrogen (secondary N) is 2. The number of ether oxygens (including phenoxy) is 1. The van der Waals surface area contributed by atoms with Crippen LogP contribution in [0.1, 0.15) is 49.1 Å². The SMILES string of the molecule is C=CCC(NC(=O)OCC1c2ccccc2-c2ccccc21)C(=O)N[C@H]1CCCC[C@H]1C(=O)O. The Morgan fingerprint density at radius 1 is 1.03 bits per heavy atom. The van der Waals surface area contributed by atoms with E-state index in [0.717, 1.165) is 35.1 Å². The number of amides is 2. The van der Waals surface area contributed by atoms with E-state index in [1.807, 2.05) is 36.4 Å². The third kappa shape index (κ3) is 4.98. The molecule has 178 valence electrons. The molecule has 2 aromatic carbocycles. The molecule has 0 bridgehead atoms. The van der Waals surface area contributed by atoms with Crippen LogP contribution >= 0.6 is 0 Å². The molecule has 0 heterocycles. The van der Waals surface area contributed by atoms with E-state index in [1.165, 1.54) is 0 Å². The molecular formula is C27H30N2O5. The summed E-state index contributed by atoms with van der Waals surface area (Å²) in [5, 5.41) is 14.9. The summed E-state index contributed by atoms with van der Waals surface area (Å²) in [5.74, 6) is -2.03. The van der Waals surface area contributed by atoms with Gasteiger partial charge in [0.15, 0.2) is 0 Å². The summed E-state index contributed by atoms with van der Waals surface area (Å²) in [5.41, 5.74) is 4.48. The zero-order valence-electron chi connectivity index (χ0n) is 19.0. The summed E-state index contributed by atoms with van der Waals surface area (Å²) < 4.78 is 5.56. The molecule has 34 heavy (non-hydrogen) atoms. The molecule has 1 fully saturated rings. The molecule has 2 amide bonds. The van der Waals surface area contributed by atoms with Crippen molar-refractivity contribution in [2.45, 2.75) is 50.1 Å². The maximum absolute atomic E-state index is 12.9. The smallest absolute Gasteiger partial charge is 0.407 e. The number of carboxylic acid groups (broad SMARTS) is 1. The molecule has 0 aliphatic heterocycles. The van der Waals surface area contributed by atoms with Crippen LogP contribution < -0.4 is 10.6 Å². The number of aliphatic carboxylic acids is 1. The third-order valence-electron chi connectivity index (χ3n) is 6.77. The van der Waals surface area contributed by atoms with Crippen LogP contribution in [-0.2, 0) is 14.3 Å². The Morgan fingerprint density at radius 2 is 1.65 bits per heavy atom. The summed E-state index contributed by atoms with van der Waals surface area (Å²) in [6.45, 7) is 3.82. The van der Waals surface area contributed by atoms with Gasteiger partial charge in [-0.05, 0) is 41.5 Å². The molecule has 2 aliphatic carbocycles. The summed E-state index contributed by atoms with van der Waals surface area (Å²) in [4.78, 5) is 37.1. The van der Waals surface area contributed by atoms with Gasteiger partial charge in [-0.25, -0.2) is 4.79 Å². The van der Waals surface area contributed by atoms with Gasteiger partial charge in [-0.15, -0.1) is 6.58 Å². The van der Waals surface area contributed by atoms with E-state index >= 15 is 0 Å². The molecule has 0 radical (unpaired) electrons. The van der Waals surface area contributed by atoms with Crippen molar-refractivity contribution in [1.82, 2.24) is 10.6 Å². The number of rotatable bonds is 8. The lowest BCUT2D eigenvalue weighted by Crippen LogP contribution is -2.53. The Hall–Kier alpha value is -3.61. The van der Waals surface area contributed by atoms with Gasteiger partial charge in [0, 0.05) is 12.0 Å². The lowest BCUT2D eigenvalue weighted by atomic mass is 9.84. The molecule has 0 aromatic heterocycles. The minimum absolute atomic E-state index is 0.0802. The van der Waals surface area contributed by atoms with Gasteiger partial charge in [-0.2, -0.15) is 0 Å². The van der Waals surface area contributed by atoms with Crippen molar-refractivity contribution in [3.8, 4) is 11.1 Å². The molecule has 7 heteroatoms. The quantitative estimate of drug-likeness (QED) is 0.509. The number of hydrogen-bond acceptors (Lipinski definition) is 4. The van der Waals surface area contributed by atoms with Crippen LogP contribution in [0.4, 0.5) is 4.79 Å². The predicted octanol–water partition coefficient (Wildman–Crippen LogP) is 4.23. The first-order valence-electron chi connectivity index (χ1n) is 11.7. The average Bonchev–Trinajstić information content (AvgIpc) is 3.16. The van der Waals surface area contributed by atoms with Crippen LogP contribution in [0.2, 0.25) is 0 Å². The molecule has 3 atom stereocenters. The van der Waals surface area contributed by atoms with Crippen molar-refractivity contribution in [1.29, 1.82) is 0 Å². The van der Waals surface area contributed by atoms with Crippen LogP contribution in [0.15, 0.2) is 61.2 Å². The van der Waals surface area contributed by atoms with Crippen LogP contribution in [0.3, 0.4) is 0 Å². The molecule has 0 saturated heterocycles. The van der Waals surface area contributed by atoms with E-state index in [2.05, 4.69) is 29.3 Å². The molecule has 7 nitrogen and oxygen atoms in total. The largest absolute Gasteiger partial charge is 0.481 e. The highest BCUT2D eigenvalue weighted by Gasteiger charge is 2.34. The summed E-state index contributed by atoms with van der Waals surface area (Å²) in [7, 11) is 0. The second-order valence-corrected chi connectivity index (χ2v) is 8.89. The number of carbonyl (C=O) groups is 3. The first kappa shape index (κ1) is 23.5. The fourth-order valence-corrected chi connectivity index (χ4v) is 5.06. The van der Waals surface area contributed by atoms with Crippen molar-refractivity contribution >= 4 is 18.0 Å². The van der Waals surface area contributed by atoms with Crippen molar-refractivity contribution < 1.29 is 24.2 Å². The Kier molecular flexibility index (Phi) is 7.30. The minimum Gasteiger partial charge on any atom is -0.481 e. The average molecular weight is 463 g/mol. The molecule has 2 aromatic rings. The van der Waals surface area contributed by atoms with Crippen LogP contribution in [0.25, 0.3) is 11.1 Å². The number of fused-ring (bicyclic) bond motifs is 3. The minimum atomic E-state index is -0.908. The van der Waals surface area contributed by atoms with Gasteiger partial charge < -0.3 is 20.5 Å². The fourth-order valence-electron chi connectivity index (χ4n) is 5.06. The van der Waals surface area contributed by atoms with Crippen molar-refractivity contribution in [3.05, 3.63) is 72.3 Å². The maximum Gasteiger partial charge on any atom is 0.407 e. The van der Waals surface area contributed by atoms with E-state index in [1.54, 1.807) is 6.08 Å². The molecule has 1 unspecified atom stereocenters. The van der Waals surface area contributed by atoms with E-state index in [0.29, 0.717) is 12.8 Å². The number of carbonyl (C=O) groups excluding carboxylic acids is 2.